The first-order valence-electron chi connectivity index (χ1n) is 9.65. The minimum atomic E-state index is 0.668. The van der Waals surface area contributed by atoms with E-state index < -0.39 is 0 Å². The van der Waals surface area contributed by atoms with Gasteiger partial charge in [-0.2, -0.15) is 5.10 Å². The van der Waals surface area contributed by atoms with Gasteiger partial charge in [-0.25, -0.2) is 0 Å². The number of benzene rings is 1. The van der Waals surface area contributed by atoms with Gasteiger partial charge in [-0.3, -0.25) is 9.67 Å². The number of nitrogens with one attached hydrogen (secondary N) is 1. The molecular weight excluding hydrogens is 354 g/mol. The summed E-state index contributed by atoms with van der Waals surface area (Å²) in [6.07, 6.45) is 1.88. The fraction of sp³-hybridized carbons (Fsp3) is 0.524. The van der Waals surface area contributed by atoms with Crippen LogP contribution >= 0.6 is 0 Å². The van der Waals surface area contributed by atoms with E-state index in [-0.39, 0.29) is 0 Å². The molecule has 1 heterocycles. The maximum absolute atomic E-state index is 5.52. The Bertz CT molecular complexity index is 813. The van der Waals surface area contributed by atoms with Gasteiger partial charge in [0.15, 0.2) is 5.96 Å². The number of aliphatic imine (C=N–C) groups is 1. The number of methoxy groups -OCH3 is 2. The number of hydrogen-bond donors (Lipinski definition) is 1. The van der Waals surface area contributed by atoms with Gasteiger partial charge >= 0.3 is 0 Å². The first-order chi connectivity index (χ1) is 13.5. The second kappa shape index (κ2) is 10.0. The fourth-order valence-corrected chi connectivity index (χ4v) is 3.46. The van der Waals surface area contributed by atoms with Crippen molar-refractivity contribution < 1.29 is 9.47 Å². The highest BCUT2D eigenvalue weighted by molar-refractivity contribution is 5.79. The van der Waals surface area contributed by atoms with Gasteiger partial charge in [0, 0.05) is 57.1 Å². The Kier molecular flexibility index (Phi) is 7.72. The van der Waals surface area contributed by atoms with Gasteiger partial charge in [-0.15, -0.1) is 0 Å². The Hall–Kier alpha value is -2.70. The predicted octanol–water partition coefficient (Wildman–Crippen LogP) is 2.77. The molecule has 0 aliphatic rings. The third kappa shape index (κ3) is 4.77. The third-order valence-corrected chi connectivity index (χ3v) is 4.93. The highest BCUT2D eigenvalue weighted by Gasteiger charge is 2.16. The number of hydrogen-bond acceptors (Lipinski definition) is 4. The Balaban J connectivity index is 2.12. The van der Waals surface area contributed by atoms with E-state index in [0.29, 0.717) is 13.1 Å². The van der Waals surface area contributed by atoms with Crippen molar-refractivity contribution in [1.29, 1.82) is 0 Å². The molecule has 0 saturated heterocycles. The van der Waals surface area contributed by atoms with Crippen molar-refractivity contribution in [2.24, 2.45) is 12.0 Å². The highest BCUT2D eigenvalue weighted by atomic mass is 16.5. The van der Waals surface area contributed by atoms with Crippen molar-refractivity contribution in [3.8, 4) is 11.5 Å². The zero-order valence-electron chi connectivity index (χ0n) is 18.2. The topological polar surface area (TPSA) is 63.9 Å². The smallest absolute Gasteiger partial charge is 0.193 e. The summed E-state index contributed by atoms with van der Waals surface area (Å²) in [6.45, 7) is 5.68. The third-order valence-electron chi connectivity index (χ3n) is 4.93. The number of aromatic nitrogens is 2. The van der Waals surface area contributed by atoms with Crippen molar-refractivity contribution in [1.82, 2.24) is 20.0 Å². The monoisotopic (exact) mass is 387 g/mol. The van der Waals surface area contributed by atoms with Gasteiger partial charge in [0.1, 0.15) is 11.5 Å². The van der Waals surface area contributed by atoms with Crippen LogP contribution in [0.5, 0.6) is 11.5 Å². The molecule has 0 atom stereocenters. The second-order valence-corrected chi connectivity index (χ2v) is 6.64. The molecule has 7 nitrogen and oxygen atoms in total. The molecule has 0 fully saturated rings. The Morgan fingerprint density at radius 3 is 2.54 bits per heavy atom. The molecule has 0 unspecified atom stereocenters. The SMILES string of the molecule is CCc1nn(C)c(CC)c1CNC(=NC)N(C)Cc1ccc(OC)cc1OC. The molecule has 1 aromatic heterocycles. The molecule has 1 aromatic carbocycles. The lowest BCUT2D eigenvalue weighted by molar-refractivity contribution is 0.382. The average Bonchev–Trinajstić information content (AvgIpc) is 3.03. The van der Waals surface area contributed by atoms with Gasteiger partial charge in [-0.1, -0.05) is 13.8 Å². The molecule has 0 bridgehead atoms. The van der Waals surface area contributed by atoms with Gasteiger partial charge in [0.2, 0.25) is 0 Å². The summed E-state index contributed by atoms with van der Waals surface area (Å²) in [5.74, 6) is 2.41. The van der Waals surface area contributed by atoms with Crippen LogP contribution in [0.1, 0.15) is 36.4 Å². The van der Waals surface area contributed by atoms with E-state index in [1.165, 1.54) is 11.3 Å². The molecule has 0 aliphatic carbocycles. The van der Waals surface area contributed by atoms with Crippen molar-refractivity contribution in [3.63, 3.8) is 0 Å². The van der Waals surface area contributed by atoms with Crippen LogP contribution in [0.15, 0.2) is 23.2 Å². The standard InChI is InChI=1S/C21H33N5O2/c1-8-18-17(19(9-2)26(5)24-18)13-23-21(22-3)25(4)14-15-10-11-16(27-6)12-20(15)28-7/h10-12H,8-9,13-14H2,1-7H3,(H,22,23). The molecule has 0 amide bonds. The molecule has 0 aliphatic heterocycles. The molecule has 2 rings (SSSR count). The van der Waals surface area contributed by atoms with Crippen LogP contribution in [0.25, 0.3) is 0 Å². The molecule has 0 saturated carbocycles. The lowest BCUT2D eigenvalue weighted by Crippen LogP contribution is -2.38. The lowest BCUT2D eigenvalue weighted by atomic mass is 10.1. The Morgan fingerprint density at radius 1 is 1.21 bits per heavy atom. The minimum absolute atomic E-state index is 0.668. The normalized spacial score (nSPS) is 11.5. The van der Waals surface area contributed by atoms with Gasteiger partial charge in [0.25, 0.3) is 0 Å². The van der Waals surface area contributed by atoms with Crippen molar-refractivity contribution >= 4 is 5.96 Å². The van der Waals surface area contributed by atoms with Crippen molar-refractivity contribution in [3.05, 3.63) is 40.7 Å². The first-order valence-corrected chi connectivity index (χ1v) is 9.65. The Labute approximate surface area is 168 Å². The van der Waals surface area contributed by atoms with Crippen LogP contribution in [0, 0.1) is 0 Å². The van der Waals surface area contributed by atoms with Crippen LogP contribution in [-0.4, -0.2) is 49.0 Å². The first kappa shape index (κ1) is 21.6. The number of ether oxygens (including phenoxy) is 2. The highest BCUT2D eigenvalue weighted by Crippen LogP contribution is 2.25. The van der Waals surface area contributed by atoms with E-state index in [1.54, 1.807) is 21.3 Å². The quantitative estimate of drug-likeness (QED) is 0.557. The predicted molar refractivity (Wildman–Crippen MR) is 113 cm³/mol. The molecule has 28 heavy (non-hydrogen) atoms. The second-order valence-electron chi connectivity index (χ2n) is 6.64. The molecule has 2 aromatic rings. The molecular formula is C21H33N5O2. The molecule has 0 radical (unpaired) electrons. The van der Waals surface area contributed by atoms with Crippen LogP contribution < -0.4 is 14.8 Å². The zero-order chi connectivity index (χ0) is 20.7. The van der Waals surface area contributed by atoms with Crippen LogP contribution in [0.2, 0.25) is 0 Å². The zero-order valence-corrected chi connectivity index (χ0v) is 18.2. The number of rotatable bonds is 8. The average molecular weight is 388 g/mol. The van der Waals surface area contributed by atoms with E-state index >= 15 is 0 Å². The summed E-state index contributed by atoms with van der Waals surface area (Å²) in [5.41, 5.74) is 4.74. The van der Waals surface area contributed by atoms with Gasteiger partial charge in [-0.05, 0) is 25.0 Å². The van der Waals surface area contributed by atoms with Gasteiger partial charge < -0.3 is 19.7 Å². The van der Waals surface area contributed by atoms with E-state index in [4.69, 9.17) is 9.47 Å². The molecule has 1 N–H and O–H groups in total. The summed E-state index contributed by atoms with van der Waals surface area (Å²) in [5, 5.41) is 8.14. The summed E-state index contributed by atoms with van der Waals surface area (Å²) in [4.78, 5) is 6.53. The lowest BCUT2D eigenvalue weighted by Gasteiger charge is -2.23. The molecule has 7 heteroatoms. The van der Waals surface area contributed by atoms with Crippen molar-refractivity contribution in [2.75, 3.05) is 28.3 Å². The van der Waals surface area contributed by atoms with Crippen LogP contribution in [0.3, 0.4) is 0 Å². The molecule has 154 valence electrons. The van der Waals surface area contributed by atoms with Gasteiger partial charge in [0.05, 0.1) is 19.9 Å². The summed E-state index contributed by atoms with van der Waals surface area (Å²) in [7, 11) is 9.16. The molecule has 0 spiro atoms. The van der Waals surface area contributed by atoms with E-state index in [9.17, 15) is 0 Å². The Morgan fingerprint density at radius 2 is 1.96 bits per heavy atom. The summed E-state index contributed by atoms with van der Waals surface area (Å²) in [6, 6.07) is 5.86. The van der Waals surface area contributed by atoms with Crippen LogP contribution in [0.4, 0.5) is 0 Å². The van der Waals surface area contributed by atoms with Crippen molar-refractivity contribution in [2.45, 2.75) is 39.8 Å². The van der Waals surface area contributed by atoms with E-state index in [0.717, 1.165) is 41.6 Å². The van der Waals surface area contributed by atoms with Crippen LogP contribution in [-0.2, 0) is 33.0 Å². The maximum Gasteiger partial charge on any atom is 0.193 e. The largest absolute Gasteiger partial charge is 0.497 e. The summed E-state index contributed by atoms with van der Waals surface area (Å²) >= 11 is 0. The maximum atomic E-state index is 5.52. The summed E-state index contributed by atoms with van der Waals surface area (Å²) < 4.78 is 12.8. The number of aryl methyl sites for hydroxylation is 2. The van der Waals surface area contributed by atoms with E-state index in [1.807, 2.05) is 37.0 Å². The minimum Gasteiger partial charge on any atom is -0.497 e. The number of guanidine groups is 1. The number of nitrogens with zero attached hydrogens (tertiary/aromatic N) is 4. The fourth-order valence-electron chi connectivity index (χ4n) is 3.46. The van der Waals surface area contributed by atoms with E-state index in [2.05, 4.69) is 34.2 Å².